The number of carbonyl (C=O) groups is 2. The molecule has 2 rings (SSSR count). The molecule has 2 N–H and O–H groups in total. The van der Waals surface area contributed by atoms with Crippen molar-refractivity contribution in [3.63, 3.8) is 0 Å². The van der Waals surface area contributed by atoms with Gasteiger partial charge in [-0.3, -0.25) is 4.79 Å². The molecule has 0 radical (unpaired) electrons. The van der Waals surface area contributed by atoms with E-state index in [1.165, 1.54) is 22.2 Å². The number of aliphatic hydroxyl groups excluding tert-OH is 1. The van der Waals surface area contributed by atoms with Crippen LogP contribution in [-0.2, 0) is 15.3 Å². The number of β-amino-alcohol motifs (C(OH)–C–C–N with tert-alkyl or cyclic N) is 1. The molecule has 6 heteroatoms. The molecule has 1 fully saturated rings. The zero-order chi connectivity index (χ0) is 15.4. The number of likely N-dealkylation sites (tertiary alicyclic amines) is 1. The first-order valence-corrected chi connectivity index (χ1v) is 7.96. The van der Waals surface area contributed by atoms with Gasteiger partial charge in [-0.15, -0.1) is 11.8 Å². The van der Waals surface area contributed by atoms with E-state index in [1.54, 1.807) is 0 Å². The molecule has 1 aromatic rings. The van der Waals surface area contributed by atoms with Crippen LogP contribution in [0.15, 0.2) is 24.3 Å². The van der Waals surface area contributed by atoms with Crippen molar-refractivity contribution in [2.24, 2.45) is 0 Å². The molecule has 1 heterocycles. The number of rotatable bonds is 5. The number of thioether (sulfide) groups is 1. The number of hydrogen-bond donors (Lipinski definition) is 2. The first kappa shape index (κ1) is 15.9. The second kappa shape index (κ2) is 6.95. The normalized spacial score (nSPS) is 21.5. The Kier molecular flexibility index (Phi) is 5.25. The summed E-state index contributed by atoms with van der Waals surface area (Å²) < 4.78 is 0. The molecule has 0 aromatic heterocycles. The summed E-state index contributed by atoms with van der Waals surface area (Å²) in [6.45, 7) is 2.13. The summed E-state index contributed by atoms with van der Waals surface area (Å²) in [5, 5.41) is 18.6. The zero-order valence-corrected chi connectivity index (χ0v) is 12.7. The average Bonchev–Trinajstić information content (AvgIpc) is 2.83. The van der Waals surface area contributed by atoms with Crippen molar-refractivity contribution in [3.05, 3.63) is 35.4 Å². The lowest BCUT2D eigenvalue weighted by atomic mass is 10.2. The van der Waals surface area contributed by atoms with Crippen LogP contribution in [-0.4, -0.2) is 51.4 Å². The number of benzene rings is 1. The lowest BCUT2D eigenvalue weighted by Crippen LogP contribution is -2.41. The van der Waals surface area contributed by atoms with Crippen LogP contribution in [0, 0.1) is 6.92 Å². The van der Waals surface area contributed by atoms with Crippen LogP contribution >= 0.6 is 11.8 Å². The highest BCUT2D eigenvalue weighted by atomic mass is 32.2. The summed E-state index contributed by atoms with van der Waals surface area (Å²) in [5.74, 6) is -0.343. The summed E-state index contributed by atoms with van der Waals surface area (Å²) in [7, 11) is 0. The Hall–Kier alpha value is -1.53. The largest absolute Gasteiger partial charge is 0.480 e. The first-order chi connectivity index (χ1) is 9.97. The molecule has 2 unspecified atom stereocenters. The second-order valence-corrected chi connectivity index (χ2v) is 6.25. The van der Waals surface area contributed by atoms with E-state index in [1.807, 2.05) is 31.2 Å². The van der Waals surface area contributed by atoms with Gasteiger partial charge in [0, 0.05) is 18.7 Å². The zero-order valence-electron chi connectivity index (χ0n) is 11.9. The van der Waals surface area contributed by atoms with Crippen LogP contribution in [0.4, 0.5) is 0 Å². The maximum absolute atomic E-state index is 12.1. The Labute approximate surface area is 128 Å². The van der Waals surface area contributed by atoms with E-state index in [2.05, 4.69) is 0 Å². The van der Waals surface area contributed by atoms with Crippen molar-refractivity contribution in [1.82, 2.24) is 4.90 Å². The average molecular weight is 309 g/mol. The van der Waals surface area contributed by atoms with Gasteiger partial charge in [0.25, 0.3) is 0 Å². The first-order valence-electron chi connectivity index (χ1n) is 6.81. The standard InChI is InChI=1S/C15H19NO4S/c1-10-2-4-11(5-3-10)8-21-9-14(18)16-7-12(17)6-13(16)15(19)20/h2-5,12-13,17H,6-9H2,1H3,(H,19,20). The number of aliphatic hydroxyl groups is 1. The Balaban J connectivity index is 1.84. The van der Waals surface area contributed by atoms with Crippen molar-refractivity contribution in [3.8, 4) is 0 Å². The monoisotopic (exact) mass is 309 g/mol. The van der Waals surface area contributed by atoms with Crippen LogP contribution < -0.4 is 0 Å². The summed E-state index contributed by atoms with van der Waals surface area (Å²) >= 11 is 1.46. The number of carbonyl (C=O) groups excluding carboxylic acids is 1. The molecule has 114 valence electrons. The molecule has 1 aliphatic heterocycles. The predicted molar refractivity (Wildman–Crippen MR) is 81.1 cm³/mol. The van der Waals surface area contributed by atoms with Crippen molar-refractivity contribution in [2.45, 2.75) is 31.2 Å². The van der Waals surface area contributed by atoms with E-state index in [0.29, 0.717) is 5.75 Å². The predicted octanol–water partition coefficient (Wildman–Crippen LogP) is 1.27. The van der Waals surface area contributed by atoms with E-state index < -0.39 is 18.1 Å². The maximum atomic E-state index is 12.1. The van der Waals surface area contributed by atoms with Crippen LogP contribution in [0.25, 0.3) is 0 Å². The minimum atomic E-state index is -1.05. The van der Waals surface area contributed by atoms with Crippen LogP contribution in [0.3, 0.4) is 0 Å². The fourth-order valence-corrected chi connectivity index (χ4v) is 3.22. The van der Waals surface area contributed by atoms with Crippen LogP contribution in [0.1, 0.15) is 17.5 Å². The van der Waals surface area contributed by atoms with Crippen molar-refractivity contribution >= 4 is 23.6 Å². The summed E-state index contributed by atoms with van der Waals surface area (Å²) in [6, 6.07) is 7.19. The van der Waals surface area contributed by atoms with Gasteiger partial charge in [0.15, 0.2) is 0 Å². The molecule has 1 saturated heterocycles. The highest BCUT2D eigenvalue weighted by Crippen LogP contribution is 2.20. The molecule has 0 spiro atoms. The fourth-order valence-electron chi connectivity index (χ4n) is 2.35. The van der Waals surface area contributed by atoms with E-state index in [4.69, 9.17) is 5.11 Å². The lowest BCUT2D eigenvalue weighted by Gasteiger charge is -2.20. The second-order valence-electron chi connectivity index (χ2n) is 5.27. The molecule has 21 heavy (non-hydrogen) atoms. The number of hydrogen-bond acceptors (Lipinski definition) is 4. The molecule has 0 bridgehead atoms. The van der Waals surface area contributed by atoms with Gasteiger partial charge in [0.1, 0.15) is 6.04 Å². The summed E-state index contributed by atoms with van der Waals surface area (Å²) in [6.07, 6.45) is -0.624. The highest BCUT2D eigenvalue weighted by Gasteiger charge is 2.38. The quantitative estimate of drug-likeness (QED) is 0.856. The topological polar surface area (TPSA) is 77.8 Å². The molecule has 1 aromatic carbocycles. The molecule has 1 amide bonds. The number of aliphatic carboxylic acids is 1. The number of amides is 1. The van der Waals surface area contributed by atoms with Crippen molar-refractivity contribution in [2.75, 3.05) is 12.3 Å². The van der Waals surface area contributed by atoms with Crippen molar-refractivity contribution < 1.29 is 19.8 Å². The summed E-state index contributed by atoms with van der Waals surface area (Å²) in [4.78, 5) is 24.4. The van der Waals surface area contributed by atoms with Gasteiger partial charge in [0.2, 0.25) is 5.91 Å². The van der Waals surface area contributed by atoms with Gasteiger partial charge in [0.05, 0.1) is 11.9 Å². The number of carboxylic acids is 1. The van der Waals surface area contributed by atoms with Gasteiger partial charge in [-0.25, -0.2) is 4.79 Å². The molecule has 0 aliphatic carbocycles. The van der Waals surface area contributed by atoms with E-state index in [0.717, 1.165) is 5.56 Å². The fraction of sp³-hybridized carbons (Fsp3) is 0.467. The molecular formula is C15H19NO4S. The number of aryl methyl sites for hydroxylation is 1. The number of nitrogens with zero attached hydrogens (tertiary/aromatic N) is 1. The smallest absolute Gasteiger partial charge is 0.326 e. The van der Waals surface area contributed by atoms with Gasteiger partial charge < -0.3 is 15.1 Å². The van der Waals surface area contributed by atoms with Crippen LogP contribution in [0.5, 0.6) is 0 Å². The van der Waals surface area contributed by atoms with E-state index in [-0.39, 0.29) is 24.6 Å². The molecule has 0 saturated carbocycles. The van der Waals surface area contributed by atoms with E-state index >= 15 is 0 Å². The minimum Gasteiger partial charge on any atom is -0.480 e. The third kappa shape index (κ3) is 4.22. The van der Waals surface area contributed by atoms with Crippen LogP contribution in [0.2, 0.25) is 0 Å². The molecule has 1 aliphatic rings. The molecule has 2 atom stereocenters. The highest BCUT2D eigenvalue weighted by molar-refractivity contribution is 7.99. The third-order valence-corrected chi connectivity index (χ3v) is 4.49. The summed E-state index contributed by atoms with van der Waals surface area (Å²) in [5.41, 5.74) is 2.32. The molecular weight excluding hydrogens is 290 g/mol. The Bertz CT molecular complexity index is 517. The number of carboxylic acid groups (broad SMARTS) is 1. The van der Waals surface area contributed by atoms with Gasteiger partial charge in [-0.2, -0.15) is 0 Å². The SMILES string of the molecule is Cc1ccc(CSCC(=O)N2CC(O)CC2C(=O)O)cc1. The Morgan fingerprint density at radius 1 is 1.33 bits per heavy atom. The van der Waals surface area contributed by atoms with Gasteiger partial charge >= 0.3 is 5.97 Å². The maximum Gasteiger partial charge on any atom is 0.326 e. The van der Waals surface area contributed by atoms with Crippen molar-refractivity contribution in [1.29, 1.82) is 0 Å². The lowest BCUT2D eigenvalue weighted by molar-refractivity contribution is -0.147. The Morgan fingerprint density at radius 2 is 2.00 bits per heavy atom. The van der Waals surface area contributed by atoms with E-state index in [9.17, 15) is 14.7 Å². The Morgan fingerprint density at radius 3 is 2.62 bits per heavy atom. The van der Waals surface area contributed by atoms with Gasteiger partial charge in [-0.05, 0) is 12.5 Å². The molecule has 5 nitrogen and oxygen atoms in total. The van der Waals surface area contributed by atoms with Gasteiger partial charge in [-0.1, -0.05) is 29.8 Å². The third-order valence-electron chi connectivity index (χ3n) is 3.50. The minimum absolute atomic E-state index is 0.112.